The van der Waals surface area contributed by atoms with Gasteiger partial charge >= 0.3 is 0 Å². The van der Waals surface area contributed by atoms with Crippen LogP contribution in [0.25, 0.3) is 10.2 Å². The van der Waals surface area contributed by atoms with E-state index in [0.29, 0.717) is 6.54 Å². The zero-order valence-electron chi connectivity index (χ0n) is 11.3. The van der Waals surface area contributed by atoms with E-state index >= 15 is 0 Å². The maximum Gasteiger partial charge on any atom is 0.223 e. The molecule has 2 N–H and O–H groups in total. The van der Waals surface area contributed by atoms with Crippen molar-refractivity contribution in [1.82, 2.24) is 9.97 Å². The summed E-state index contributed by atoms with van der Waals surface area (Å²) in [6.07, 6.45) is 0.971. The molecule has 0 saturated carbocycles. The van der Waals surface area contributed by atoms with E-state index in [1.165, 1.54) is 4.88 Å². The lowest BCUT2D eigenvalue weighted by atomic mass is 10.2. The highest BCUT2D eigenvalue weighted by molar-refractivity contribution is 7.18. The van der Waals surface area contributed by atoms with Crippen molar-refractivity contribution in [2.24, 2.45) is 5.92 Å². The number of aromatic nitrogens is 2. The molecule has 0 saturated heterocycles. The smallest absolute Gasteiger partial charge is 0.223 e. The third kappa shape index (κ3) is 2.76. The van der Waals surface area contributed by atoms with E-state index in [-0.39, 0.29) is 11.9 Å². The maximum absolute atomic E-state index is 8.91. The molecule has 2 heterocycles. The van der Waals surface area contributed by atoms with Gasteiger partial charge in [0.1, 0.15) is 10.6 Å². The molecule has 0 amide bonds. The van der Waals surface area contributed by atoms with E-state index in [0.717, 1.165) is 22.5 Å². The molecule has 0 aliphatic heterocycles. The molecule has 0 aliphatic rings. The van der Waals surface area contributed by atoms with Gasteiger partial charge in [-0.3, -0.25) is 0 Å². The van der Waals surface area contributed by atoms with Gasteiger partial charge in [0.25, 0.3) is 0 Å². The summed E-state index contributed by atoms with van der Waals surface area (Å²) in [6, 6.07) is 4.34. The number of anilines is 2. The van der Waals surface area contributed by atoms with E-state index < -0.39 is 0 Å². The van der Waals surface area contributed by atoms with Gasteiger partial charge in [0.2, 0.25) is 5.95 Å². The van der Waals surface area contributed by atoms with Crippen LogP contribution in [0.4, 0.5) is 11.8 Å². The van der Waals surface area contributed by atoms with Crippen LogP contribution in [0.5, 0.6) is 0 Å². The van der Waals surface area contributed by atoms with Gasteiger partial charge < -0.3 is 10.6 Å². The zero-order chi connectivity index (χ0) is 14.0. The van der Waals surface area contributed by atoms with Gasteiger partial charge in [0, 0.05) is 18.5 Å². The van der Waals surface area contributed by atoms with Gasteiger partial charge in [0.15, 0.2) is 0 Å². The summed E-state index contributed by atoms with van der Waals surface area (Å²) in [5, 5.41) is 9.93. The highest BCUT2D eigenvalue weighted by atomic mass is 32.1. The molecular formula is C13H17N5S. The van der Waals surface area contributed by atoms with Gasteiger partial charge in [0.05, 0.1) is 17.4 Å². The molecule has 2 aromatic rings. The Bertz CT molecular complexity index is 628. The highest BCUT2D eigenvalue weighted by Gasteiger charge is 2.15. The number of hydrogen-bond donors (Lipinski definition) is 1. The Labute approximate surface area is 116 Å². The van der Waals surface area contributed by atoms with Crippen LogP contribution < -0.4 is 10.6 Å². The number of hydrogen-bond acceptors (Lipinski definition) is 6. The minimum Gasteiger partial charge on any atom is -0.368 e. The monoisotopic (exact) mass is 275 g/mol. The molecule has 100 valence electrons. The first-order valence-corrected chi connectivity index (χ1v) is 7.03. The second-order valence-electron chi connectivity index (χ2n) is 4.60. The molecule has 0 bridgehead atoms. The fourth-order valence-corrected chi connectivity index (χ4v) is 2.94. The molecule has 0 fully saturated rings. The van der Waals surface area contributed by atoms with Crippen molar-refractivity contribution in [3.8, 4) is 6.07 Å². The van der Waals surface area contributed by atoms with Gasteiger partial charge in [-0.15, -0.1) is 11.3 Å². The number of nitriles is 1. The van der Waals surface area contributed by atoms with Crippen molar-refractivity contribution in [1.29, 1.82) is 5.26 Å². The predicted octanol–water partition coefficient (Wildman–Crippen LogP) is 2.43. The molecule has 0 radical (unpaired) electrons. The van der Waals surface area contributed by atoms with Crippen LogP contribution in [0, 0.1) is 17.2 Å². The van der Waals surface area contributed by atoms with E-state index in [9.17, 15) is 0 Å². The minimum atomic E-state index is -0.0551. The lowest BCUT2D eigenvalue weighted by molar-refractivity contribution is 0.712. The Morgan fingerprint density at radius 1 is 1.53 bits per heavy atom. The summed E-state index contributed by atoms with van der Waals surface area (Å²) in [6.45, 7) is 4.63. The van der Waals surface area contributed by atoms with Crippen LogP contribution in [-0.4, -0.2) is 23.6 Å². The van der Waals surface area contributed by atoms with E-state index in [1.807, 2.05) is 18.9 Å². The number of aryl methyl sites for hydroxylation is 1. The van der Waals surface area contributed by atoms with Gasteiger partial charge in [-0.25, -0.2) is 4.98 Å². The minimum absolute atomic E-state index is 0.0551. The predicted molar refractivity (Wildman–Crippen MR) is 79.3 cm³/mol. The fourth-order valence-electron chi connectivity index (χ4n) is 1.98. The largest absolute Gasteiger partial charge is 0.368 e. The maximum atomic E-state index is 8.91. The van der Waals surface area contributed by atoms with E-state index in [2.05, 4.69) is 29.0 Å². The van der Waals surface area contributed by atoms with Crippen molar-refractivity contribution < 1.29 is 0 Å². The fraction of sp³-hybridized carbons (Fsp3) is 0.462. The molecule has 1 unspecified atom stereocenters. The van der Waals surface area contributed by atoms with Crippen molar-refractivity contribution in [3.63, 3.8) is 0 Å². The molecule has 2 rings (SSSR count). The first-order valence-electron chi connectivity index (χ1n) is 6.21. The summed E-state index contributed by atoms with van der Waals surface area (Å²) in [5.74, 6) is 1.03. The number of nitrogens with zero attached hydrogens (tertiary/aromatic N) is 4. The first-order chi connectivity index (χ1) is 9.05. The molecular weight excluding hydrogens is 258 g/mol. The molecule has 19 heavy (non-hydrogen) atoms. The SMILES string of the molecule is CCc1cc2c(N(C)CC(C)C#N)nc(N)nc2s1. The van der Waals surface area contributed by atoms with E-state index in [1.54, 1.807) is 11.3 Å². The Morgan fingerprint density at radius 2 is 2.26 bits per heavy atom. The lowest BCUT2D eigenvalue weighted by Gasteiger charge is -2.20. The van der Waals surface area contributed by atoms with Crippen LogP contribution in [0.3, 0.4) is 0 Å². The van der Waals surface area contributed by atoms with Crippen molar-refractivity contribution in [2.75, 3.05) is 24.2 Å². The number of thiophene rings is 1. The van der Waals surface area contributed by atoms with Crippen LogP contribution in [0.15, 0.2) is 6.07 Å². The van der Waals surface area contributed by atoms with Gasteiger partial charge in [-0.2, -0.15) is 10.2 Å². The Hall–Kier alpha value is -1.87. The normalized spacial score (nSPS) is 12.3. The molecule has 0 spiro atoms. The van der Waals surface area contributed by atoms with Crippen molar-refractivity contribution in [3.05, 3.63) is 10.9 Å². The van der Waals surface area contributed by atoms with Gasteiger partial charge in [-0.05, 0) is 19.4 Å². The average Bonchev–Trinajstić information content (AvgIpc) is 2.80. The quantitative estimate of drug-likeness (QED) is 0.927. The summed E-state index contributed by atoms with van der Waals surface area (Å²) in [4.78, 5) is 12.8. The van der Waals surface area contributed by atoms with Gasteiger partial charge in [-0.1, -0.05) is 6.92 Å². The van der Waals surface area contributed by atoms with Crippen molar-refractivity contribution >= 4 is 33.3 Å². The van der Waals surface area contributed by atoms with Crippen LogP contribution in [-0.2, 0) is 6.42 Å². The molecule has 5 nitrogen and oxygen atoms in total. The number of nitrogens with two attached hydrogens (primary N) is 1. The highest BCUT2D eigenvalue weighted by Crippen LogP contribution is 2.31. The number of fused-ring (bicyclic) bond motifs is 1. The van der Waals surface area contributed by atoms with Crippen LogP contribution in [0.1, 0.15) is 18.7 Å². The summed E-state index contributed by atoms with van der Waals surface area (Å²) < 4.78 is 0. The molecule has 2 aromatic heterocycles. The Balaban J connectivity index is 2.46. The third-order valence-electron chi connectivity index (χ3n) is 2.92. The molecule has 1 atom stereocenters. The first kappa shape index (κ1) is 13.6. The summed E-state index contributed by atoms with van der Waals surface area (Å²) in [5.41, 5.74) is 5.77. The zero-order valence-corrected chi connectivity index (χ0v) is 12.2. The second kappa shape index (κ2) is 5.41. The molecule has 0 aliphatic carbocycles. The Morgan fingerprint density at radius 3 is 2.89 bits per heavy atom. The Kier molecular flexibility index (Phi) is 3.86. The lowest BCUT2D eigenvalue weighted by Crippen LogP contribution is -2.24. The second-order valence-corrected chi connectivity index (χ2v) is 5.72. The summed E-state index contributed by atoms with van der Waals surface area (Å²) in [7, 11) is 1.93. The van der Waals surface area contributed by atoms with Crippen LogP contribution >= 0.6 is 11.3 Å². The third-order valence-corrected chi connectivity index (χ3v) is 4.09. The summed E-state index contributed by atoms with van der Waals surface area (Å²) >= 11 is 1.64. The number of rotatable bonds is 4. The number of nitrogen functional groups attached to an aromatic ring is 1. The van der Waals surface area contributed by atoms with Crippen LogP contribution in [0.2, 0.25) is 0 Å². The average molecular weight is 275 g/mol. The standard InChI is InChI=1S/C13H17N5S/c1-4-9-5-10-11(18(3)7-8(2)6-14)16-13(15)17-12(10)19-9/h5,8H,4,7H2,1-3H3,(H2,15,16,17). The molecule has 6 heteroatoms. The topological polar surface area (TPSA) is 78.8 Å². The van der Waals surface area contributed by atoms with Crippen molar-refractivity contribution in [2.45, 2.75) is 20.3 Å². The van der Waals surface area contributed by atoms with E-state index in [4.69, 9.17) is 11.0 Å². The molecule has 0 aromatic carbocycles.